The quantitative estimate of drug-likeness (QED) is 0.597. The van der Waals surface area contributed by atoms with Gasteiger partial charge in [-0.2, -0.15) is 0 Å². The summed E-state index contributed by atoms with van der Waals surface area (Å²) in [4.78, 5) is 0.0567. The van der Waals surface area contributed by atoms with Crippen LogP contribution in [0.3, 0.4) is 0 Å². The largest absolute Gasteiger partial charge is 0.384 e. The zero-order chi connectivity index (χ0) is 15.6. The van der Waals surface area contributed by atoms with Crippen LogP contribution in [0.4, 0.5) is 10.1 Å². The minimum atomic E-state index is -3.88. The lowest BCUT2D eigenvalue weighted by Gasteiger charge is -2.12. The lowest BCUT2D eigenvalue weighted by atomic mass is 10.1. The summed E-state index contributed by atoms with van der Waals surface area (Å²) in [5.74, 6) is -1.30. The van der Waals surface area contributed by atoms with Crippen LogP contribution in [0.1, 0.15) is 11.1 Å². The molecule has 0 atom stereocenters. The Kier molecular flexibility index (Phi) is 3.95. The minimum Gasteiger partial charge on any atom is -0.384 e. The van der Waals surface area contributed by atoms with E-state index in [1.807, 2.05) is 0 Å². The lowest BCUT2D eigenvalue weighted by Crippen LogP contribution is -2.20. The predicted molar refractivity (Wildman–Crippen MR) is 79.4 cm³/mol. The summed E-state index contributed by atoms with van der Waals surface area (Å²) in [5.41, 5.74) is 5.75. The van der Waals surface area contributed by atoms with E-state index >= 15 is 0 Å². The van der Waals surface area contributed by atoms with Gasteiger partial charge in [0.2, 0.25) is 0 Å². The van der Waals surface area contributed by atoms with Crippen LogP contribution in [0, 0.1) is 18.2 Å². The van der Waals surface area contributed by atoms with E-state index in [2.05, 4.69) is 4.72 Å². The van der Waals surface area contributed by atoms with Crippen LogP contribution in [-0.4, -0.2) is 14.3 Å². The number of anilines is 1. The van der Waals surface area contributed by atoms with E-state index in [4.69, 9.17) is 11.1 Å². The third-order valence-electron chi connectivity index (χ3n) is 2.83. The maximum Gasteiger partial charge on any atom is 0.261 e. The second-order valence-corrected chi connectivity index (χ2v) is 6.18. The van der Waals surface area contributed by atoms with Crippen LogP contribution in [0.5, 0.6) is 0 Å². The molecule has 0 aliphatic carbocycles. The highest BCUT2D eigenvalue weighted by atomic mass is 32.2. The molecule has 0 radical (unpaired) electrons. The normalized spacial score (nSPS) is 11.1. The minimum absolute atomic E-state index is 0.0567. The second kappa shape index (κ2) is 5.53. The van der Waals surface area contributed by atoms with Crippen LogP contribution in [0.2, 0.25) is 0 Å². The second-order valence-electron chi connectivity index (χ2n) is 4.50. The Morgan fingerprint density at radius 1 is 1.24 bits per heavy atom. The first kappa shape index (κ1) is 15.0. The highest BCUT2D eigenvalue weighted by molar-refractivity contribution is 7.92. The van der Waals surface area contributed by atoms with Crippen molar-refractivity contribution in [3.8, 4) is 0 Å². The first-order chi connectivity index (χ1) is 9.81. The number of hydrogen-bond acceptors (Lipinski definition) is 3. The highest BCUT2D eigenvalue weighted by Gasteiger charge is 2.19. The van der Waals surface area contributed by atoms with E-state index in [1.54, 1.807) is 19.1 Å². The molecule has 110 valence electrons. The molecule has 0 spiro atoms. The average Bonchev–Trinajstić information content (AvgIpc) is 2.37. The monoisotopic (exact) mass is 307 g/mol. The number of halogens is 1. The smallest absolute Gasteiger partial charge is 0.261 e. The molecule has 0 aliphatic heterocycles. The molecule has 0 aromatic heterocycles. The fraction of sp³-hybridized carbons (Fsp3) is 0.0714. The van der Waals surface area contributed by atoms with Crippen molar-refractivity contribution in [3.63, 3.8) is 0 Å². The van der Waals surface area contributed by atoms with Gasteiger partial charge in [0.1, 0.15) is 11.7 Å². The number of aryl methyl sites for hydroxylation is 1. The Hall–Kier alpha value is -2.41. The summed E-state index contributed by atoms with van der Waals surface area (Å²) >= 11 is 0. The fourth-order valence-corrected chi connectivity index (χ4v) is 3.05. The topological polar surface area (TPSA) is 96.0 Å². The molecule has 0 saturated carbocycles. The van der Waals surface area contributed by atoms with Gasteiger partial charge in [0.25, 0.3) is 10.0 Å². The Morgan fingerprint density at radius 2 is 1.90 bits per heavy atom. The Balaban J connectivity index is 2.47. The number of nitrogens with two attached hydrogens (primary N) is 1. The number of nitrogen functional groups attached to an aromatic ring is 1. The Bertz CT molecular complexity index is 804. The van der Waals surface area contributed by atoms with Gasteiger partial charge in [-0.05, 0) is 36.8 Å². The molecule has 2 aromatic carbocycles. The number of nitrogens with one attached hydrogen (secondary N) is 2. The summed E-state index contributed by atoms with van der Waals surface area (Å²) in [7, 11) is -3.88. The third kappa shape index (κ3) is 3.19. The molecule has 5 nitrogen and oxygen atoms in total. The molecule has 0 saturated heterocycles. The summed E-state index contributed by atoms with van der Waals surface area (Å²) < 4.78 is 40.5. The molecule has 0 amide bonds. The molecule has 0 bridgehead atoms. The van der Waals surface area contributed by atoms with Gasteiger partial charge in [0.05, 0.1) is 16.1 Å². The van der Waals surface area contributed by atoms with Crippen molar-refractivity contribution in [2.24, 2.45) is 5.73 Å². The number of benzene rings is 2. The van der Waals surface area contributed by atoms with Crippen LogP contribution in [-0.2, 0) is 10.0 Å². The van der Waals surface area contributed by atoms with E-state index < -0.39 is 21.7 Å². The molecule has 2 rings (SSSR count). The van der Waals surface area contributed by atoms with Crippen molar-refractivity contribution < 1.29 is 12.8 Å². The maximum atomic E-state index is 13.7. The number of hydrogen-bond donors (Lipinski definition) is 3. The summed E-state index contributed by atoms with van der Waals surface area (Å²) in [6.45, 7) is 1.77. The maximum absolute atomic E-state index is 13.7. The molecule has 0 aliphatic rings. The van der Waals surface area contributed by atoms with Gasteiger partial charge in [0, 0.05) is 0 Å². The van der Waals surface area contributed by atoms with Gasteiger partial charge < -0.3 is 5.73 Å². The van der Waals surface area contributed by atoms with Crippen molar-refractivity contribution in [2.75, 3.05) is 4.72 Å². The van der Waals surface area contributed by atoms with Crippen molar-refractivity contribution in [2.45, 2.75) is 11.8 Å². The molecule has 4 N–H and O–H groups in total. The van der Waals surface area contributed by atoms with Crippen LogP contribution in [0.15, 0.2) is 47.4 Å². The van der Waals surface area contributed by atoms with Crippen LogP contribution >= 0.6 is 0 Å². The molecule has 7 heteroatoms. The summed E-state index contributed by atoms with van der Waals surface area (Å²) in [5, 5.41) is 7.37. The highest BCUT2D eigenvalue weighted by Crippen LogP contribution is 2.22. The molecule has 0 fully saturated rings. The fourth-order valence-electron chi connectivity index (χ4n) is 1.87. The zero-order valence-corrected chi connectivity index (χ0v) is 12.0. The van der Waals surface area contributed by atoms with Gasteiger partial charge in [-0.1, -0.05) is 18.2 Å². The predicted octanol–water partition coefficient (Wildman–Crippen LogP) is 2.22. The molecule has 21 heavy (non-hydrogen) atoms. The molecular formula is C14H14FN3O2S. The summed E-state index contributed by atoms with van der Waals surface area (Å²) in [6.07, 6.45) is 0. The summed E-state index contributed by atoms with van der Waals surface area (Å²) in [6, 6.07) is 10.1. The van der Waals surface area contributed by atoms with E-state index in [-0.39, 0.29) is 16.1 Å². The van der Waals surface area contributed by atoms with Crippen molar-refractivity contribution in [1.29, 1.82) is 5.41 Å². The SMILES string of the molecule is Cc1cccc(S(=O)(=O)Nc2cccc(F)c2C(=N)N)c1. The Morgan fingerprint density at radius 3 is 2.52 bits per heavy atom. The van der Waals surface area contributed by atoms with Gasteiger partial charge in [0.15, 0.2) is 0 Å². The van der Waals surface area contributed by atoms with Crippen molar-refractivity contribution >= 4 is 21.5 Å². The van der Waals surface area contributed by atoms with Crippen molar-refractivity contribution in [1.82, 2.24) is 0 Å². The first-order valence-corrected chi connectivity index (χ1v) is 7.52. The van der Waals surface area contributed by atoms with Crippen LogP contribution < -0.4 is 10.5 Å². The lowest BCUT2D eigenvalue weighted by molar-refractivity contribution is 0.601. The van der Waals surface area contributed by atoms with E-state index in [0.717, 1.165) is 11.6 Å². The molecule has 0 heterocycles. The van der Waals surface area contributed by atoms with Gasteiger partial charge in [-0.15, -0.1) is 0 Å². The van der Waals surface area contributed by atoms with Gasteiger partial charge >= 0.3 is 0 Å². The first-order valence-electron chi connectivity index (χ1n) is 6.03. The number of sulfonamides is 1. The zero-order valence-electron chi connectivity index (χ0n) is 11.2. The van der Waals surface area contributed by atoms with E-state index in [0.29, 0.717) is 0 Å². The number of amidine groups is 1. The van der Waals surface area contributed by atoms with Gasteiger partial charge in [-0.25, -0.2) is 12.8 Å². The molecule has 2 aromatic rings. The molecular weight excluding hydrogens is 293 g/mol. The van der Waals surface area contributed by atoms with E-state index in [9.17, 15) is 12.8 Å². The standard InChI is InChI=1S/C14H14FN3O2S/c1-9-4-2-5-10(8-9)21(19,20)18-12-7-3-6-11(15)13(12)14(16)17/h2-8,18H,1H3,(H3,16,17). The molecule has 0 unspecified atom stereocenters. The van der Waals surface area contributed by atoms with Gasteiger partial charge in [-0.3, -0.25) is 10.1 Å². The number of rotatable bonds is 4. The third-order valence-corrected chi connectivity index (χ3v) is 4.19. The Labute approximate surface area is 122 Å². The van der Waals surface area contributed by atoms with Crippen molar-refractivity contribution in [3.05, 3.63) is 59.4 Å². The van der Waals surface area contributed by atoms with Crippen LogP contribution in [0.25, 0.3) is 0 Å². The van der Waals surface area contributed by atoms with E-state index in [1.165, 1.54) is 24.3 Å². The average molecular weight is 307 g/mol.